The Morgan fingerprint density at radius 2 is 1.91 bits per heavy atom. The molecule has 0 atom stereocenters. The number of nitrogens with zero attached hydrogens (tertiary/aromatic N) is 3. The zero-order valence-electron chi connectivity index (χ0n) is 17.3. The van der Waals surface area contributed by atoms with Crippen molar-refractivity contribution in [1.29, 1.82) is 0 Å². The smallest absolute Gasteiger partial charge is 0.287 e. The molecule has 0 radical (unpaired) electrons. The van der Waals surface area contributed by atoms with Crippen LogP contribution < -0.4 is 14.9 Å². The number of hydrogen-bond acceptors (Lipinski definition) is 7. The van der Waals surface area contributed by atoms with E-state index in [2.05, 4.69) is 33.7 Å². The second-order valence-corrected chi connectivity index (χ2v) is 6.87. The van der Waals surface area contributed by atoms with Gasteiger partial charge in [-0.05, 0) is 46.2 Å². The minimum absolute atomic E-state index is 0.0802. The summed E-state index contributed by atoms with van der Waals surface area (Å²) in [4.78, 5) is 14.1. The fourth-order valence-corrected chi connectivity index (χ4v) is 3.19. The lowest BCUT2D eigenvalue weighted by Gasteiger charge is -2.12. The second kappa shape index (κ2) is 9.57. The second-order valence-electron chi connectivity index (χ2n) is 6.87. The summed E-state index contributed by atoms with van der Waals surface area (Å²) in [6.45, 7) is 0.415. The van der Waals surface area contributed by atoms with Crippen LogP contribution in [0.1, 0.15) is 11.1 Å². The maximum Gasteiger partial charge on any atom is 0.287 e. The number of hydrazone groups is 1. The van der Waals surface area contributed by atoms with Crippen molar-refractivity contribution in [3.63, 3.8) is 0 Å². The molecule has 8 nitrogen and oxygen atoms in total. The Morgan fingerprint density at radius 1 is 1.06 bits per heavy atom. The molecule has 1 N–H and O–H groups in total. The predicted molar refractivity (Wildman–Crippen MR) is 123 cm³/mol. The molecule has 0 fully saturated rings. The van der Waals surface area contributed by atoms with Crippen molar-refractivity contribution in [2.75, 3.05) is 12.5 Å². The Morgan fingerprint density at radius 3 is 2.69 bits per heavy atom. The van der Waals surface area contributed by atoms with Crippen LogP contribution in [0.4, 0.5) is 11.5 Å². The van der Waals surface area contributed by atoms with Crippen molar-refractivity contribution >= 4 is 28.5 Å². The molecule has 0 aliphatic carbocycles. The number of pyridine rings is 1. The molecule has 0 bridgehead atoms. The normalized spacial score (nSPS) is 10.9. The minimum atomic E-state index is -0.504. The summed E-state index contributed by atoms with van der Waals surface area (Å²) in [6, 6.07) is 22.7. The molecule has 1 heterocycles. The molecule has 0 amide bonds. The Hall–Kier alpha value is -4.46. The molecular weight excluding hydrogens is 408 g/mol. The van der Waals surface area contributed by atoms with Crippen molar-refractivity contribution in [1.82, 2.24) is 4.98 Å². The minimum Gasteiger partial charge on any atom is -0.493 e. The van der Waals surface area contributed by atoms with Crippen molar-refractivity contribution < 1.29 is 14.4 Å². The van der Waals surface area contributed by atoms with Gasteiger partial charge in [0.2, 0.25) is 0 Å². The van der Waals surface area contributed by atoms with Gasteiger partial charge in [-0.25, -0.2) is 4.98 Å². The lowest BCUT2D eigenvalue weighted by molar-refractivity contribution is -0.385. The van der Waals surface area contributed by atoms with Gasteiger partial charge in [-0.15, -0.1) is 0 Å². The maximum absolute atomic E-state index is 10.7. The zero-order chi connectivity index (χ0) is 22.3. The first-order valence-electron chi connectivity index (χ1n) is 9.81. The topological polar surface area (TPSA) is 98.9 Å². The highest BCUT2D eigenvalue weighted by molar-refractivity contribution is 5.85. The first kappa shape index (κ1) is 20.8. The zero-order valence-corrected chi connectivity index (χ0v) is 17.3. The van der Waals surface area contributed by atoms with Gasteiger partial charge in [-0.1, -0.05) is 42.5 Å². The molecule has 0 spiro atoms. The van der Waals surface area contributed by atoms with E-state index in [4.69, 9.17) is 9.47 Å². The molecule has 32 heavy (non-hydrogen) atoms. The molecule has 0 aliphatic heterocycles. The fraction of sp³-hybridized carbons (Fsp3) is 0.0833. The van der Waals surface area contributed by atoms with Crippen LogP contribution in [-0.2, 0) is 6.61 Å². The third-order valence-electron chi connectivity index (χ3n) is 4.80. The molecule has 0 saturated carbocycles. The Bertz CT molecular complexity index is 1270. The first-order chi connectivity index (χ1) is 15.6. The molecule has 160 valence electrons. The maximum atomic E-state index is 10.7. The lowest BCUT2D eigenvalue weighted by atomic mass is 10.1. The Balaban J connectivity index is 1.43. The van der Waals surface area contributed by atoms with Gasteiger partial charge in [-0.3, -0.25) is 15.5 Å². The van der Waals surface area contributed by atoms with Crippen LogP contribution in [0.15, 0.2) is 84.1 Å². The van der Waals surface area contributed by atoms with Crippen molar-refractivity contribution in [3.8, 4) is 11.5 Å². The van der Waals surface area contributed by atoms with Crippen molar-refractivity contribution in [3.05, 3.63) is 100 Å². The van der Waals surface area contributed by atoms with Crippen molar-refractivity contribution in [2.24, 2.45) is 5.10 Å². The van der Waals surface area contributed by atoms with Crippen LogP contribution in [0.5, 0.6) is 11.5 Å². The van der Waals surface area contributed by atoms with Crippen LogP contribution in [-0.4, -0.2) is 23.2 Å². The summed E-state index contributed by atoms with van der Waals surface area (Å²) >= 11 is 0. The van der Waals surface area contributed by atoms with E-state index in [9.17, 15) is 10.1 Å². The number of methoxy groups -OCH3 is 1. The third-order valence-corrected chi connectivity index (χ3v) is 4.80. The van der Waals surface area contributed by atoms with Gasteiger partial charge in [0.1, 0.15) is 18.6 Å². The quantitative estimate of drug-likeness (QED) is 0.236. The number of fused-ring (bicyclic) bond motifs is 1. The lowest BCUT2D eigenvalue weighted by Crippen LogP contribution is -1.99. The van der Waals surface area contributed by atoms with E-state index in [1.54, 1.807) is 13.3 Å². The van der Waals surface area contributed by atoms with E-state index >= 15 is 0 Å². The van der Waals surface area contributed by atoms with E-state index in [1.165, 1.54) is 23.7 Å². The highest BCUT2D eigenvalue weighted by atomic mass is 16.6. The predicted octanol–water partition coefficient (Wildman–Crippen LogP) is 5.18. The molecule has 1 aromatic heterocycles. The highest BCUT2D eigenvalue weighted by Gasteiger charge is 2.08. The molecular formula is C24H20N4O4. The summed E-state index contributed by atoms with van der Waals surface area (Å²) in [5, 5.41) is 17.1. The number of benzene rings is 3. The number of hydrogen-bond donors (Lipinski definition) is 1. The third kappa shape index (κ3) is 4.81. The molecule has 4 aromatic rings. The number of ether oxygens (including phenoxy) is 2. The van der Waals surface area contributed by atoms with Gasteiger partial charge < -0.3 is 9.47 Å². The summed E-state index contributed by atoms with van der Waals surface area (Å²) in [6.07, 6.45) is 2.77. The number of rotatable bonds is 8. The molecule has 0 aliphatic rings. The summed E-state index contributed by atoms with van der Waals surface area (Å²) in [5.74, 6) is 1.61. The monoisotopic (exact) mass is 428 g/mol. The van der Waals surface area contributed by atoms with Gasteiger partial charge >= 0.3 is 0 Å². The molecule has 0 saturated heterocycles. The summed E-state index contributed by atoms with van der Waals surface area (Å²) < 4.78 is 11.5. The SMILES string of the molecule is COc1cc(/C=N/Nc2ccc([N+](=O)[O-])cn2)ccc1OCc1cccc2ccccc12. The van der Waals surface area contributed by atoms with E-state index in [0.717, 1.165) is 16.5 Å². The number of anilines is 1. The van der Waals surface area contributed by atoms with E-state index in [-0.39, 0.29) is 5.69 Å². The van der Waals surface area contributed by atoms with E-state index in [0.29, 0.717) is 23.9 Å². The van der Waals surface area contributed by atoms with Crippen molar-refractivity contribution in [2.45, 2.75) is 6.61 Å². The largest absolute Gasteiger partial charge is 0.493 e. The summed E-state index contributed by atoms with van der Waals surface area (Å²) in [5.41, 5.74) is 4.54. The standard InChI is InChI=1S/C24H20N4O4/c1-31-23-13-17(14-26-27-24-12-10-20(15-25-24)28(29)30)9-11-22(23)32-16-19-7-4-6-18-5-2-3-8-21(18)19/h2-15H,16H2,1H3,(H,25,27)/b26-14+. The van der Waals surface area contributed by atoms with Crippen LogP contribution in [0, 0.1) is 10.1 Å². The van der Waals surface area contributed by atoms with Crippen LogP contribution >= 0.6 is 0 Å². The van der Waals surface area contributed by atoms with Gasteiger partial charge in [0.05, 0.1) is 18.2 Å². The number of aromatic nitrogens is 1. The summed E-state index contributed by atoms with van der Waals surface area (Å²) in [7, 11) is 1.58. The van der Waals surface area contributed by atoms with E-state index in [1.807, 2.05) is 42.5 Å². The van der Waals surface area contributed by atoms with Crippen LogP contribution in [0.3, 0.4) is 0 Å². The molecule has 4 rings (SSSR count). The fourth-order valence-electron chi connectivity index (χ4n) is 3.19. The molecule has 8 heteroatoms. The van der Waals surface area contributed by atoms with E-state index < -0.39 is 4.92 Å². The number of nitrogens with one attached hydrogen (secondary N) is 1. The van der Waals surface area contributed by atoms with Crippen LogP contribution in [0.2, 0.25) is 0 Å². The van der Waals surface area contributed by atoms with Gasteiger partial charge in [-0.2, -0.15) is 5.10 Å². The first-order valence-corrected chi connectivity index (χ1v) is 9.81. The van der Waals surface area contributed by atoms with Gasteiger partial charge in [0.15, 0.2) is 11.5 Å². The van der Waals surface area contributed by atoms with Gasteiger partial charge in [0, 0.05) is 6.07 Å². The molecule has 3 aromatic carbocycles. The highest BCUT2D eigenvalue weighted by Crippen LogP contribution is 2.29. The average molecular weight is 428 g/mol. The Kier molecular flexibility index (Phi) is 6.22. The Labute approximate surface area is 184 Å². The van der Waals surface area contributed by atoms with Gasteiger partial charge in [0.25, 0.3) is 5.69 Å². The molecule has 0 unspecified atom stereocenters. The number of nitro groups is 1. The average Bonchev–Trinajstić information content (AvgIpc) is 2.83. The van der Waals surface area contributed by atoms with Crippen LogP contribution in [0.25, 0.3) is 10.8 Å².